The van der Waals surface area contributed by atoms with E-state index in [1.54, 1.807) is 27.2 Å². The maximum Gasteiger partial charge on any atom is 0.233 e. The number of aromatic nitrogens is 3. The first-order valence-electron chi connectivity index (χ1n) is 10.4. The smallest absolute Gasteiger partial charge is 0.233 e. The zero-order chi connectivity index (χ0) is 24.0. The Morgan fingerprint density at radius 3 is 2.48 bits per heavy atom. The lowest BCUT2D eigenvalue weighted by atomic mass is 10.1. The second kappa shape index (κ2) is 11.0. The molecule has 0 saturated heterocycles. The van der Waals surface area contributed by atoms with Gasteiger partial charge in [-0.05, 0) is 49.6 Å². The highest BCUT2D eigenvalue weighted by atomic mass is 32.2. The van der Waals surface area contributed by atoms with Crippen LogP contribution in [0, 0.1) is 13.8 Å². The molecule has 0 radical (unpaired) electrons. The molecule has 0 saturated carbocycles. The first-order chi connectivity index (χ1) is 15.8. The number of nitrogen functional groups attached to an aromatic ring is 1. The number of para-hydroxylation sites is 1. The molecule has 1 aromatic heterocycles. The van der Waals surface area contributed by atoms with Crippen LogP contribution in [0.15, 0.2) is 41.6 Å². The van der Waals surface area contributed by atoms with E-state index < -0.39 is 5.25 Å². The van der Waals surface area contributed by atoms with E-state index in [9.17, 15) is 4.79 Å². The molecule has 0 aliphatic rings. The Labute approximate surface area is 197 Å². The normalized spacial score (nSPS) is 11.7. The van der Waals surface area contributed by atoms with Crippen LogP contribution in [0.25, 0.3) is 0 Å². The zero-order valence-corrected chi connectivity index (χ0v) is 20.2. The SMILES string of the molecule is COc1ccc(CNC(=O)C(C)Sc2nnc(COc3c(C)cccc3C)n2N)cc1OC. The minimum Gasteiger partial charge on any atom is -0.493 e. The number of thioether (sulfide) groups is 1. The highest BCUT2D eigenvalue weighted by Crippen LogP contribution is 2.28. The van der Waals surface area contributed by atoms with Gasteiger partial charge in [0.25, 0.3) is 0 Å². The summed E-state index contributed by atoms with van der Waals surface area (Å²) in [6.07, 6.45) is 0. The monoisotopic (exact) mass is 471 g/mol. The minimum absolute atomic E-state index is 0.147. The zero-order valence-electron chi connectivity index (χ0n) is 19.4. The molecular weight excluding hydrogens is 442 g/mol. The van der Waals surface area contributed by atoms with Crippen LogP contribution in [-0.2, 0) is 17.9 Å². The molecule has 1 atom stereocenters. The van der Waals surface area contributed by atoms with Crippen molar-refractivity contribution >= 4 is 17.7 Å². The predicted molar refractivity (Wildman–Crippen MR) is 127 cm³/mol. The second-order valence-corrected chi connectivity index (χ2v) is 8.75. The number of benzene rings is 2. The third-order valence-corrected chi connectivity index (χ3v) is 6.11. The summed E-state index contributed by atoms with van der Waals surface area (Å²) in [7, 11) is 3.15. The molecular formula is C23H29N5O4S. The number of aryl methyl sites for hydroxylation is 2. The van der Waals surface area contributed by atoms with Gasteiger partial charge in [-0.15, -0.1) is 10.2 Å². The molecule has 2 aromatic carbocycles. The average Bonchev–Trinajstić information content (AvgIpc) is 3.15. The predicted octanol–water partition coefficient (Wildman–Crippen LogP) is 3.00. The van der Waals surface area contributed by atoms with Gasteiger partial charge in [0, 0.05) is 6.54 Å². The highest BCUT2D eigenvalue weighted by Gasteiger charge is 2.20. The second-order valence-electron chi connectivity index (χ2n) is 7.45. The van der Waals surface area contributed by atoms with Gasteiger partial charge in [0.1, 0.15) is 12.4 Å². The molecule has 10 heteroatoms. The summed E-state index contributed by atoms with van der Waals surface area (Å²) < 4.78 is 17.8. The van der Waals surface area contributed by atoms with Crippen molar-refractivity contribution in [3.63, 3.8) is 0 Å². The first-order valence-corrected chi connectivity index (χ1v) is 11.3. The van der Waals surface area contributed by atoms with Crippen molar-refractivity contribution in [1.29, 1.82) is 0 Å². The molecule has 1 heterocycles. The molecule has 3 rings (SSSR count). The molecule has 0 bridgehead atoms. The molecule has 33 heavy (non-hydrogen) atoms. The lowest BCUT2D eigenvalue weighted by Gasteiger charge is -2.13. The highest BCUT2D eigenvalue weighted by molar-refractivity contribution is 8.00. The summed E-state index contributed by atoms with van der Waals surface area (Å²) in [6.45, 7) is 6.29. The van der Waals surface area contributed by atoms with Gasteiger partial charge in [0.2, 0.25) is 11.1 Å². The van der Waals surface area contributed by atoms with Crippen molar-refractivity contribution in [1.82, 2.24) is 20.2 Å². The summed E-state index contributed by atoms with van der Waals surface area (Å²) in [6, 6.07) is 11.5. The van der Waals surface area contributed by atoms with Gasteiger partial charge in [0.15, 0.2) is 17.3 Å². The largest absolute Gasteiger partial charge is 0.493 e. The fourth-order valence-corrected chi connectivity index (χ4v) is 4.00. The molecule has 176 valence electrons. The fourth-order valence-electron chi connectivity index (χ4n) is 3.18. The van der Waals surface area contributed by atoms with Gasteiger partial charge in [-0.2, -0.15) is 0 Å². The number of nitrogens with one attached hydrogen (secondary N) is 1. The summed E-state index contributed by atoms with van der Waals surface area (Å²) >= 11 is 1.23. The Morgan fingerprint density at radius 2 is 1.82 bits per heavy atom. The molecule has 0 spiro atoms. The van der Waals surface area contributed by atoms with E-state index >= 15 is 0 Å². The number of nitrogens with zero attached hydrogens (tertiary/aromatic N) is 3. The molecule has 1 amide bonds. The molecule has 0 aliphatic heterocycles. The van der Waals surface area contributed by atoms with Crippen LogP contribution < -0.4 is 25.4 Å². The van der Waals surface area contributed by atoms with Crippen molar-refractivity contribution in [3.05, 3.63) is 58.9 Å². The van der Waals surface area contributed by atoms with Gasteiger partial charge < -0.3 is 25.4 Å². The summed E-state index contributed by atoms with van der Waals surface area (Å²) in [5.41, 5.74) is 2.96. The van der Waals surface area contributed by atoms with Gasteiger partial charge >= 0.3 is 0 Å². The summed E-state index contributed by atoms with van der Waals surface area (Å²) in [5.74, 6) is 8.52. The van der Waals surface area contributed by atoms with Gasteiger partial charge in [-0.1, -0.05) is 36.0 Å². The summed E-state index contributed by atoms with van der Waals surface area (Å²) in [5, 5.41) is 11.2. The van der Waals surface area contributed by atoms with E-state index in [0.29, 0.717) is 29.0 Å². The van der Waals surface area contributed by atoms with Crippen LogP contribution in [0.3, 0.4) is 0 Å². The number of hydrogen-bond donors (Lipinski definition) is 2. The standard InChI is InChI=1S/C23H29N5O4S/c1-14-7-6-8-15(2)21(14)32-13-20-26-27-23(28(20)24)33-16(3)22(29)25-12-17-9-10-18(30-4)19(11-17)31-5/h6-11,16H,12-13,24H2,1-5H3,(H,25,29). The lowest BCUT2D eigenvalue weighted by molar-refractivity contribution is -0.120. The number of rotatable bonds is 10. The third-order valence-electron chi connectivity index (χ3n) is 5.06. The van der Waals surface area contributed by atoms with Crippen molar-refractivity contribution < 1.29 is 19.0 Å². The topological polar surface area (TPSA) is 114 Å². The fraction of sp³-hybridized carbons (Fsp3) is 0.348. The molecule has 0 fully saturated rings. The maximum atomic E-state index is 12.6. The Bertz CT molecular complexity index is 1100. The van der Waals surface area contributed by atoms with Crippen molar-refractivity contribution in [2.75, 3.05) is 20.1 Å². The van der Waals surface area contributed by atoms with Gasteiger partial charge in [0.05, 0.1) is 19.5 Å². The number of carbonyl (C=O) groups excluding carboxylic acids is 1. The van der Waals surface area contributed by atoms with Gasteiger partial charge in [-0.3, -0.25) is 4.79 Å². The number of methoxy groups -OCH3 is 2. The molecule has 9 nitrogen and oxygen atoms in total. The van der Waals surface area contributed by atoms with Crippen LogP contribution in [0.2, 0.25) is 0 Å². The van der Waals surface area contributed by atoms with E-state index in [4.69, 9.17) is 20.1 Å². The van der Waals surface area contributed by atoms with E-state index in [1.165, 1.54) is 16.4 Å². The molecule has 0 aliphatic carbocycles. The number of amides is 1. The molecule has 3 N–H and O–H groups in total. The Hall–Kier alpha value is -3.40. The van der Waals surface area contributed by atoms with Crippen LogP contribution >= 0.6 is 11.8 Å². The number of hydrogen-bond acceptors (Lipinski definition) is 8. The number of nitrogens with two attached hydrogens (primary N) is 1. The van der Waals surface area contributed by atoms with Crippen LogP contribution in [0.4, 0.5) is 0 Å². The van der Waals surface area contributed by atoms with E-state index in [0.717, 1.165) is 22.4 Å². The van der Waals surface area contributed by atoms with Crippen LogP contribution in [-0.4, -0.2) is 40.3 Å². The van der Waals surface area contributed by atoms with E-state index in [-0.39, 0.29) is 12.5 Å². The van der Waals surface area contributed by atoms with E-state index in [1.807, 2.05) is 44.2 Å². The minimum atomic E-state index is -0.427. The van der Waals surface area contributed by atoms with Crippen LogP contribution in [0.1, 0.15) is 29.4 Å². The Kier molecular flexibility index (Phi) is 8.05. The average molecular weight is 472 g/mol. The van der Waals surface area contributed by atoms with Crippen molar-refractivity contribution in [2.45, 2.75) is 44.3 Å². The van der Waals surface area contributed by atoms with Crippen molar-refractivity contribution in [2.24, 2.45) is 0 Å². The molecule has 3 aromatic rings. The van der Waals surface area contributed by atoms with E-state index in [2.05, 4.69) is 15.5 Å². The Morgan fingerprint density at radius 1 is 1.12 bits per heavy atom. The Balaban J connectivity index is 1.56. The van der Waals surface area contributed by atoms with Gasteiger partial charge in [-0.25, -0.2) is 4.68 Å². The number of ether oxygens (including phenoxy) is 3. The third kappa shape index (κ3) is 5.89. The molecule has 1 unspecified atom stereocenters. The first kappa shape index (κ1) is 24.2. The van der Waals surface area contributed by atoms with Crippen LogP contribution in [0.5, 0.6) is 17.2 Å². The van der Waals surface area contributed by atoms with Crippen molar-refractivity contribution in [3.8, 4) is 17.2 Å². The maximum absolute atomic E-state index is 12.6. The lowest BCUT2D eigenvalue weighted by Crippen LogP contribution is -2.31. The quantitative estimate of drug-likeness (QED) is 0.343. The number of carbonyl (C=O) groups is 1. The summed E-state index contributed by atoms with van der Waals surface area (Å²) in [4.78, 5) is 12.6.